The van der Waals surface area contributed by atoms with Crippen molar-refractivity contribution in [3.05, 3.63) is 24.1 Å². The van der Waals surface area contributed by atoms with Gasteiger partial charge in [0.15, 0.2) is 0 Å². The van der Waals surface area contributed by atoms with Crippen LogP contribution in [0.15, 0.2) is 24.1 Å². The van der Waals surface area contributed by atoms with Gasteiger partial charge in [-0.05, 0) is 25.7 Å². The Balaban J connectivity index is 2.88. The van der Waals surface area contributed by atoms with E-state index in [4.69, 9.17) is 4.74 Å². The van der Waals surface area contributed by atoms with E-state index < -0.39 is 12.0 Å². The van der Waals surface area contributed by atoms with Crippen molar-refractivity contribution in [2.45, 2.75) is 39.7 Å². The molecule has 0 aliphatic carbocycles. The fourth-order valence-electron chi connectivity index (χ4n) is 3.10. The van der Waals surface area contributed by atoms with E-state index in [-0.39, 0.29) is 17.7 Å². The normalized spacial score (nSPS) is 23.9. The standard InChI is InChI=1S/C17H28N2O4/c1-5-7-13-8-16(17(21)22)19(9-13)10-14(6-2)15(11-23-4)18-12(3)20/h5,7,11,13-14,16H,6,8-10H2,1-4H3,(H,18,20)(H,21,22)/t13-,14?,16-/m1/s1. The van der Waals surface area contributed by atoms with Crippen molar-refractivity contribution in [3.8, 4) is 0 Å². The van der Waals surface area contributed by atoms with Gasteiger partial charge in [-0.25, -0.2) is 0 Å². The number of carbonyl (C=O) groups excluding carboxylic acids is 1. The molecule has 0 aromatic rings. The third-order valence-electron chi connectivity index (χ3n) is 4.14. The predicted molar refractivity (Wildman–Crippen MR) is 88.6 cm³/mol. The summed E-state index contributed by atoms with van der Waals surface area (Å²) in [5, 5.41) is 12.3. The van der Waals surface area contributed by atoms with Crippen LogP contribution >= 0.6 is 0 Å². The molecule has 6 heteroatoms. The van der Waals surface area contributed by atoms with E-state index >= 15 is 0 Å². The van der Waals surface area contributed by atoms with Gasteiger partial charge in [0.25, 0.3) is 0 Å². The third kappa shape index (κ3) is 5.71. The quantitative estimate of drug-likeness (QED) is 0.527. The minimum atomic E-state index is -0.788. The predicted octanol–water partition coefficient (Wildman–Crippen LogP) is 1.99. The van der Waals surface area contributed by atoms with Crippen molar-refractivity contribution in [2.75, 3.05) is 20.2 Å². The number of rotatable bonds is 8. The van der Waals surface area contributed by atoms with Crippen LogP contribution in [-0.4, -0.2) is 48.1 Å². The van der Waals surface area contributed by atoms with Gasteiger partial charge in [0, 0.05) is 25.9 Å². The number of amides is 1. The summed E-state index contributed by atoms with van der Waals surface area (Å²) in [5.74, 6) is -0.669. The molecule has 1 saturated heterocycles. The fourth-order valence-corrected chi connectivity index (χ4v) is 3.10. The number of nitrogens with one attached hydrogen (secondary N) is 1. The molecule has 1 aliphatic rings. The van der Waals surface area contributed by atoms with Gasteiger partial charge in [-0.2, -0.15) is 0 Å². The van der Waals surface area contributed by atoms with Crippen LogP contribution in [0.4, 0.5) is 0 Å². The molecule has 130 valence electrons. The molecule has 6 nitrogen and oxygen atoms in total. The van der Waals surface area contributed by atoms with Crippen LogP contribution < -0.4 is 5.32 Å². The highest BCUT2D eigenvalue weighted by atomic mass is 16.5. The molecule has 1 amide bonds. The summed E-state index contributed by atoms with van der Waals surface area (Å²) >= 11 is 0. The second-order valence-electron chi connectivity index (χ2n) is 5.92. The van der Waals surface area contributed by atoms with Gasteiger partial charge in [-0.3, -0.25) is 14.5 Å². The molecule has 0 aromatic heterocycles. The molecule has 0 spiro atoms. The second-order valence-corrected chi connectivity index (χ2v) is 5.92. The van der Waals surface area contributed by atoms with Crippen LogP contribution in [-0.2, 0) is 14.3 Å². The van der Waals surface area contributed by atoms with Crippen LogP contribution in [0.2, 0.25) is 0 Å². The summed E-state index contributed by atoms with van der Waals surface area (Å²) in [6.07, 6.45) is 6.98. The average molecular weight is 324 g/mol. The SMILES string of the molecule is CC=C[C@@H]1C[C@H](C(=O)O)N(CC(CC)C(=COC)NC(C)=O)C1. The van der Waals surface area contributed by atoms with E-state index in [9.17, 15) is 14.7 Å². The number of hydrogen-bond acceptors (Lipinski definition) is 4. The number of likely N-dealkylation sites (tertiary alicyclic amines) is 1. The molecule has 0 saturated carbocycles. The van der Waals surface area contributed by atoms with Crippen LogP contribution in [0.25, 0.3) is 0 Å². The Kier molecular flexibility index (Phi) is 7.81. The van der Waals surface area contributed by atoms with E-state index in [1.54, 1.807) is 0 Å². The summed E-state index contributed by atoms with van der Waals surface area (Å²) in [6, 6.07) is -0.480. The number of ether oxygens (including phenoxy) is 1. The Labute approximate surface area is 138 Å². The van der Waals surface area contributed by atoms with Gasteiger partial charge in [0.1, 0.15) is 12.3 Å². The number of carbonyl (C=O) groups is 2. The zero-order chi connectivity index (χ0) is 17.4. The number of carboxylic acid groups (broad SMARTS) is 1. The smallest absolute Gasteiger partial charge is 0.320 e. The molecule has 1 heterocycles. The second kappa shape index (κ2) is 9.35. The van der Waals surface area contributed by atoms with E-state index in [1.807, 2.05) is 24.8 Å². The van der Waals surface area contributed by atoms with Crippen molar-refractivity contribution < 1.29 is 19.4 Å². The average Bonchev–Trinajstić information content (AvgIpc) is 2.87. The summed E-state index contributed by atoms with van der Waals surface area (Å²) in [6.45, 7) is 6.72. The Bertz CT molecular complexity index is 473. The number of hydrogen-bond donors (Lipinski definition) is 2. The number of allylic oxidation sites excluding steroid dienone is 1. The van der Waals surface area contributed by atoms with Gasteiger partial charge in [0.05, 0.1) is 12.8 Å². The van der Waals surface area contributed by atoms with Crippen molar-refractivity contribution >= 4 is 11.9 Å². The summed E-state index contributed by atoms with van der Waals surface area (Å²) in [7, 11) is 1.53. The van der Waals surface area contributed by atoms with Gasteiger partial charge in [-0.15, -0.1) is 0 Å². The largest absolute Gasteiger partial charge is 0.503 e. The van der Waals surface area contributed by atoms with Gasteiger partial charge in [0.2, 0.25) is 5.91 Å². The molecule has 1 aliphatic heterocycles. The lowest BCUT2D eigenvalue weighted by atomic mass is 10.0. The van der Waals surface area contributed by atoms with Crippen molar-refractivity contribution in [1.29, 1.82) is 0 Å². The summed E-state index contributed by atoms with van der Waals surface area (Å²) < 4.78 is 5.06. The highest BCUT2D eigenvalue weighted by Crippen LogP contribution is 2.27. The van der Waals surface area contributed by atoms with Crippen LogP contribution in [0.1, 0.15) is 33.6 Å². The highest BCUT2D eigenvalue weighted by Gasteiger charge is 2.37. The molecule has 3 atom stereocenters. The Morgan fingerprint density at radius 1 is 1.48 bits per heavy atom. The number of nitrogens with zero attached hydrogens (tertiary/aromatic N) is 1. The van der Waals surface area contributed by atoms with Crippen LogP contribution in [0, 0.1) is 11.8 Å². The molecule has 0 aromatic carbocycles. The fraction of sp³-hybridized carbons (Fsp3) is 0.647. The third-order valence-corrected chi connectivity index (χ3v) is 4.14. The maximum absolute atomic E-state index is 11.5. The first-order chi connectivity index (χ1) is 10.9. The maximum Gasteiger partial charge on any atom is 0.320 e. The Hall–Kier alpha value is -1.82. The minimum Gasteiger partial charge on any atom is -0.503 e. The van der Waals surface area contributed by atoms with Gasteiger partial charge >= 0.3 is 5.97 Å². The highest BCUT2D eigenvalue weighted by molar-refractivity contribution is 5.75. The lowest BCUT2D eigenvalue weighted by Gasteiger charge is -2.27. The molecule has 1 fully saturated rings. The van der Waals surface area contributed by atoms with Crippen molar-refractivity contribution in [1.82, 2.24) is 10.2 Å². The summed E-state index contributed by atoms with van der Waals surface area (Å²) in [4.78, 5) is 24.9. The summed E-state index contributed by atoms with van der Waals surface area (Å²) in [5.41, 5.74) is 0.695. The van der Waals surface area contributed by atoms with E-state index in [2.05, 4.69) is 11.4 Å². The number of aliphatic carboxylic acids is 1. The molecule has 1 unspecified atom stereocenters. The first-order valence-electron chi connectivity index (χ1n) is 8.02. The maximum atomic E-state index is 11.5. The topological polar surface area (TPSA) is 78.9 Å². The molecule has 23 heavy (non-hydrogen) atoms. The first-order valence-corrected chi connectivity index (χ1v) is 8.02. The van der Waals surface area contributed by atoms with Crippen LogP contribution in [0.5, 0.6) is 0 Å². The zero-order valence-corrected chi connectivity index (χ0v) is 14.4. The monoisotopic (exact) mass is 324 g/mol. The lowest BCUT2D eigenvalue weighted by molar-refractivity contribution is -0.142. The molecule has 0 bridgehead atoms. The first kappa shape index (κ1) is 19.2. The van der Waals surface area contributed by atoms with Crippen LogP contribution in [0.3, 0.4) is 0 Å². The Morgan fingerprint density at radius 2 is 2.17 bits per heavy atom. The number of carboxylic acids is 1. The molecular formula is C17H28N2O4. The lowest BCUT2D eigenvalue weighted by Crippen LogP contribution is -2.41. The van der Waals surface area contributed by atoms with Gasteiger partial charge in [-0.1, -0.05) is 19.1 Å². The van der Waals surface area contributed by atoms with Gasteiger partial charge < -0.3 is 15.2 Å². The van der Waals surface area contributed by atoms with E-state index in [0.29, 0.717) is 18.7 Å². The molecule has 0 radical (unpaired) electrons. The zero-order valence-electron chi connectivity index (χ0n) is 14.4. The molecule has 1 rings (SSSR count). The molecule has 2 N–H and O–H groups in total. The Morgan fingerprint density at radius 3 is 2.65 bits per heavy atom. The van der Waals surface area contributed by atoms with E-state index in [0.717, 1.165) is 13.0 Å². The van der Waals surface area contributed by atoms with E-state index in [1.165, 1.54) is 20.3 Å². The minimum absolute atomic E-state index is 0.0186. The number of methoxy groups -OCH3 is 1. The molecular weight excluding hydrogens is 296 g/mol. The van der Waals surface area contributed by atoms with Crippen molar-refractivity contribution in [3.63, 3.8) is 0 Å². The van der Waals surface area contributed by atoms with Crippen molar-refractivity contribution in [2.24, 2.45) is 11.8 Å².